The van der Waals surface area contributed by atoms with Gasteiger partial charge in [0.2, 0.25) is 0 Å². The topological polar surface area (TPSA) is 50.2 Å². The van der Waals surface area contributed by atoms with E-state index in [2.05, 4.69) is 22.2 Å². The Balaban J connectivity index is 2.37. The van der Waals surface area contributed by atoms with Crippen LogP contribution in [0.1, 0.15) is 13.8 Å². The van der Waals surface area contributed by atoms with Crippen molar-refractivity contribution in [1.29, 1.82) is 0 Å². The fourth-order valence-electron chi connectivity index (χ4n) is 2.00. The van der Waals surface area contributed by atoms with E-state index in [4.69, 9.17) is 11.6 Å². The van der Waals surface area contributed by atoms with Crippen molar-refractivity contribution >= 4 is 17.3 Å². The summed E-state index contributed by atoms with van der Waals surface area (Å²) in [6, 6.07) is 0.413. The van der Waals surface area contributed by atoms with Crippen LogP contribution < -0.4 is 15.8 Å². The van der Waals surface area contributed by atoms with Gasteiger partial charge in [0.25, 0.3) is 5.56 Å². The van der Waals surface area contributed by atoms with Crippen LogP contribution in [0.4, 0.5) is 5.69 Å². The number of aromatic nitrogens is 2. The smallest absolute Gasteiger partial charge is 0.287 e. The third kappa shape index (κ3) is 2.17. The highest BCUT2D eigenvalue weighted by Crippen LogP contribution is 2.23. The molecule has 0 aliphatic carbocycles. The van der Waals surface area contributed by atoms with Crippen molar-refractivity contribution in [3.8, 4) is 0 Å². The Kier molecular flexibility index (Phi) is 3.69. The second kappa shape index (κ2) is 5.06. The Bertz CT molecular complexity index is 455. The molecule has 0 spiro atoms. The lowest BCUT2D eigenvalue weighted by atomic mass is 10.1. The van der Waals surface area contributed by atoms with Crippen molar-refractivity contribution in [1.82, 2.24) is 15.1 Å². The van der Waals surface area contributed by atoms with E-state index in [1.165, 1.54) is 4.68 Å². The number of hydrogen-bond acceptors (Lipinski definition) is 4. The first kappa shape index (κ1) is 12.4. The summed E-state index contributed by atoms with van der Waals surface area (Å²) >= 11 is 6.14. The molecule has 2 rings (SSSR count). The van der Waals surface area contributed by atoms with Gasteiger partial charge in [-0.25, -0.2) is 4.68 Å². The molecule has 0 bridgehead atoms. The zero-order chi connectivity index (χ0) is 12.4. The third-order valence-electron chi connectivity index (χ3n) is 3.12. The van der Waals surface area contributed by atoms with Crippen LogP contribution in [0.5, 0.6) is 0 Å². The van der Waals surface area contributed by atoms with Gasteiger partial charge in [-0.15, -0.1) is 0 Å². The van der Waals surface area contributed by atoms with E-state index in [0.29, 0.717) is 12.6 Å². The summed E-state index contributed by atoms with van der Waals surface area (Å²) in [7, 11) is 0. The van der Waals surface area contributed by atoms with Crippen LogP contribution in [-0.4, -0.2) is 35.5 Å². The number of hydrogen-bond donors (Lipinski definition) is 1. The van der Waals surface area contributed by atoms with Gasteiger partial charge in [0.15, 0.2) is 0 Å². The van der Waals surface area contributed by atoms with Crippen molar-refractivity contribution in [3.05, 3.63) is 21.6 Å². The zero-order valence-corrected chi connectivity index (χ0v) is 10.9. The number of rotatable bonds is 4. The number of nitrogens with zero attached hydrogens (tertiary/aromatic N) is 3. The molecule has 1 aromatic rings. The number of nitrogens with one attached hydrogen (secondary N) is 1. The van der Waals surface area contributed by atoms with E-state index >= 15 is 0 Å². The molecular weight excluding hydrogens is 240 g/mol. The average Bonchev–Trinajstić information content (AvgIpc) is 2.27. The van der Waals surface area contributed by atoms with Crippen molar-refractivity contribution in [2.45, 2.75) is 26.4 Å². The molecule has 1 N–H and O–H groups in total. The minimum Gasteiger partial charge on any atom is -0.364 e. The minimum atomic E-state index is -0.211. The highest BCUT2D eigenvalue weighted by Gasteiger charge is 2.26. The van der Waals surface area contributed by atoms with Crippen LogP contribution in [0.25, 0.3) is 0 Å². The summed E-state index contributed by atoms with van der Waals surface area (Å²) < 4.78 is 1.37. The molecule has 94 valence electrons. The largest absolute Gasteiger partial charge is 0.364 e. The first-order valence-corrected chi connectivity index (χ1v) is 6.29. The lowest BCUT2D eigenvalue weighted by Gasteiger charge is -2.39. The second-order valence-electron chi connectivity index (χ2n) is 4.06. The predicted octanol–water partition coefficient (Wildman–Crippen LogP) is 0.715. The summed E-state index contributed by atoms with van der Waals surface area (Å²) in [6.45, 7) is 7.15. The normalized spacial score (nSPS) is 15.7. The lowest BCUT2D eigenvalue weighted by molar-refractivity contribution is 0.416. The van der Waals surface area contributed by atoms with E-state index < -0.39 is 0 Å². The molecular formula is C11H17ClN4O. The maximum Gasteiger partial charge on any atom is 0.287 e. The quantitative estimate of drug-likeness (QED) is 0.862. The van der Waals surface area contributed by atoms with Crippen molar-refractivity contribution in [2.75, 3.05) is 24.5 Å². The first-order valence-electron chi connectivity index (χ1n) is 5.92. The average molecular weight is 257 g/mol. The summed E-state index contributed by atoms with van der Waals surface area (Å²) in [5.41, 5.74) is 0.535. The highest BCUT2D eigenvalue weighted by molar-refractivity contribution is 6.33. The molecule has 0 saturated carbocycles. The molecule has 5 nitrogen and oxygen atoms in total. The molecule has 1 aliphatic heterocycles. The molecule has 0 radical (unpaired) electrons. The number of anilines is 1. The standard InChI is InChI=1S/C11H17ClN4O/c1-3-15(8-5-13-6-8)9-7-14-16(4-2)11(17)10(9)12/h7-8,13H,3-6H2,1-2H3. The van der Waals surface area contributed by atoms with Crippen LogP contribution in [0, 0.1) is 0 Å². The van der Waals surface area contributed by atoms with E-state index in [-0.39, 0.29) is 10.6 Å². The molecule has 1 saturated heterocycles. The molecule has 0 amide bonds. The van der Waals surface area contributed by atoms with Gasteiger partial charge in [0, 0.05) is 26.2 Å². The molecule has 1 aliphatic rings. The van der Waals surface area contributed by atoms with E-state index in [1.807, 2.05) is 6.92 Å². The maximum absolute atomic E-state index is 11.9. The zero-order valence-electron chi connectivity index (χ0n) is 10.1. The Morgan fingerprint density at radius 1 is 1.59 bits per heavy atom. The monoisotopic (exact) mass is 256 g/mol. The van der Waals surface area contributed by atoms with Gasteiger partial charge < -0.3 is 10.2 Å². The molecule has 6 heteroatoms. The third-order valence-corrected chi connectivity index (χ3v) is 3.47. The Morgan fingerprint density at radius 2 is 2.29 bits per heavy atom. The fraction of sp³-hybridized carbons (Fsp3) is 0.636. The van der Waals surface area contributed by atoms with Gasteiger partial charge in [0.05, 0.1) is 17.9 Å². The van der Waals surface area contributed by atoms with E-state index in [1.54, 1.807) is 6.20 Å². The van der Waals surface area contributed by atoms with Gasteiger partial charge in [0.1, 0.15) is 5.02 Å². The fourth-order valence-corrected chi connectivity index (χ4v) is 2.26. The van der Waals surface area contributed by atoms with Gasteiger partial charge >= 0.3 is 0 Å². The van der Waals surface area contributed by atoms with Crippen molar-refractivity contribution in [2.24, 2.45) is 0 Å². The number of halogens is 1. The molecule has 0 atom stereocenters. The molecule has 0 unspecified atom stereocenters. The molecule has 1 fully saturated rings. The first-order chi connectivity index (χ1) is 8.19. The van der Waals surface area contributed by atoms with Crippen LogP contribution in [0.2, 0.25) is 5.02 Å². The van der Waals surface area contributed by atoms with E-state index in [9.17, 15) is 4.79 Å². The van der Waals surface area contributed by atoms with E-state index in [0.717, 1.165) is 25.3 Å². The molecule has 17 heavy (non-hydrogen) atoms. The van der Waals surface area contributed by atoms with Gasteiger partial charge in [-0.1, -0.05) is 11.6 Å². The van der Waals surface area contributed by atoms with Crippen LogP contribution in [0.15, 0.2) is 11.0 Å². The summed E-state index contributed by atoms with van der Waals surface area (Å²) in [4.78, 5) is 14.0. The van der Waals surface area contributed by atoms with Crippen LogP contribution in [-0.2, 0) is 6.54 Å². The Labute approximate surface area is 105 Å². The summed E-state index contributed by atoms with van der Waals surface area (Å²) in [5, 5.41) is 7.61. The van der Waals surface area contributed by atoms with Crippen molar-refractivity contribution < 1.29 is 0 Å². The Hall–Kier alpha value is -1.07. The van der Waals surface area contributed by atoms with Crippen LogP contribution in [0.3, 0.4) is 0 Å². The number of aryl methyl sites for hydroxylation is 1. The summed E-state index contributed by atoms with van der Waals surface area (Å²) in [6.07, 6.45) is 1.69. The molecule has 2 heterocycles. The Morgan fingerprint density at radius 3 is 2.76 bits per heavy atom. The molecule has 1 aromatic heterocycles. The maximum atomic E-state index is 11.9. The van der Waals surface area contributed by atoms with Gasteiger partial charge in [-0.3, -0.25) is 4.79 Å². The molecule has 0 aromatic carbocycles. The van der Waals surface area contributed by atoms with Crippen molar-refractivity contribution in [3.63, 3.8) is 0 Å². The highest BCUT2D eigenvalue weighted by atomic mass is 35.5. The predicted molar refractivity (Wildman–Crippen MR) is 68.9 cm³/mol. The van der Waals surface area contributed by atoms with Gasteiger partial charge in [-0.05, 0) is 13.8 Å². The lowest BCUT2D eigenvalue weighted by Crippen LogP contribution is -2.57. The SMILES string of the molecule is CCN(c1cnn(CC)c(=O)c1Cl)C1CNC1. The van der Waals surface area contributed by atoms with Crippen LogP contribution >= 0.6 is 11.6 Å². The number of likely N-dealkylation sites (N-methyl/N-ethyl adjacent to an activating group) is 1. The minimum absolute atomic E-state index is 0.211. The van der Waals surface area contributed by atoms with Gasteiger partial charge in [-0.2, -0.15) is 5.10 Å². The second-order valence-corrected chi connectivity index (χ2v) is 4.44. The summed E-state index contributed by atoms with van der Waals surface area (Å²) in [5.74, 6) is 0.